The predicted molar refractivity (Wildman–Crippen MR) is 114 cm³/mol. The monoisotopic (exact) mass is 466 g/mol. The van der Waals surface area contributed by atoms with E-state index in [2.05, 4.69) is 46.6 Å². The van der Waals surface area contributed by atoms with Gasteiger partial charge in [-0.2, -0.15) is 0 Å². The van der Waals surface area contributed by atoms with E-state index >= 15 is 0 Å². The van der Waals surface area contributed by atoms with Gasteiger partial charge in [0.1, 0.15) is 12.7 Å². The number of ether oxygens (including phenoxy) is 1. The fraction of sp³-hybridized carbons (Fsp3) is 0.824. The molecule has 7 nitrogen and oxygen atoms in total. The van der Waals surface area contributed by atoms with Crippen molar-refractivity contribution in [3.05, 3.63) is 12.7 Å². The topological polar surface area (TPSA) is 76.4 Å². The Hall–Kier alpha value is -0.900. The van der Waals surface area contributed by atoms with Crippen LogP contribution < -0.4 is 10.6 Å². The first-order chi connectivity index (χ1) is 11.7. The lowest BCUT2D eigenvalue weighted by Gasteiger charge is -2.21. The van der Waals surface area contributed by atoms with E-state index < -0.39 is 0 Å². The molecule has 1 atom stereocenters. The van der Waals surface area contributed by atoms with Crippen molar-refractivity contribution in [3.63, 3.8) is 0 Å². The zero-order chi connectivity index (χ0) is 17.6. The molecule has 8 heteroatoms. The van der Waals surface area contributed by atoms with Gasteiger partial charge in [0.25, 0.3) is 0 Å². The summed E-state index contributed by atoms with van der Waals surface area (Å²) in [6, 6.07) is 0. The zero-order valence-corrected chi connectivity index (χ0v) is 18.4. The Morgan fingerprint density at radius 3 is 2.48 bits per heavy atom. The number of aryl methyl sites for hydroxylation is 1. The molecule has 1 aromatic heterocycles. The SMILES string of the molecule is CCNC(=NCCCCn1cnnc1)NCCC(OCC)C(C)C.I. The first-order valence-electron chi connectivity index (χ1n) is 9.13. The molecule has 0 aliphatic rings. The molecule has 0 saturated heterocycles. The summed E-state index contributed by atoms with van der Waals surface area (Å²) < 4.78 is 7.77. The average Bonchev–Trinajstić information content (AvgIpc) is 3.06. The van der Waals surface area contributed by atoms with Gasteiger partial charge in [0.05, 0.1) is 6.10 Å². The minimum Gasteiger partial charge on any atom is -0.378 e. The highest BCUT2D eigenvalue weighted by molar-refractivity contribution is 14.0. The number of nitrogens with one attached hydrogen (secondary N) is 2. The molecular formula is C17H35IN6O. The van der Waals surface area contributed by atoms with Gasteiger partial charge in [0.15, 0.2) is 5.96 Å². The van der Waals surface area contributed by atoms with Crippen molar-refractivity contribution >= 4 is 29.9 Å². The summed E-state index contributed by atoms with van der Waals surface area (Å²) in [6.07, 6.45) is 6.90. The van der Waals surface area contributed by atoms with E-state index in [4.69, 9.17) is 4.74 Å². The number of aromatic nitrogens is 3. The Morgan fingerprint density at radius 1 is 1.16 bits per heavy atom. The Labute approximate surface area is 169 Å². The van der Waals surface area contributed by atoms with Crippen LogP contribution in [0.5, 0.6) is 0 Å². The molecule has 0 spiro atoms. The minimum absolute atomic E-state index is 0. The van der Waals surface area contributed by atoms with Crippen LogP contribution in [0, 0.1) is 5.92 Å². The van der Waals surface area contributed by atoms with Gasteiger partial charge in [-0.25, -0.2) is 0 Å². The molecule has 0 radical (unpaired) electrons. The number of guanidine groups is 1. The molecule has 1 heterocycles. The quantitative estimate of drug-likeness (QED) is 0.215. The molecule has 0 bridgehead atoms. The molecule has 1 rings (SSSR count). The Balaban J connectivity index is 0.00000576. The second-order valence-electron chi connectivity index (χ2n) is 6.12. The molecular weight excluding hydrogens is 431 g/mol. The van der Waals surface area contributed by atoms with Crippen LogP contribution in [0.1, 0.15) is 47.0 Å². The summed E-state index contributed by atoms with van der Waals surface area (Å²) in [5.41, 5.74) is 0. The Kier molecular flexibility index (Phi) is 14.8. The van der Waals surface area contributed by atoms with Crippen LogP contribution in [-0.2, 0) is 11.3 Å². The number of aliphatic imine (C=N–C) groups is 1. The summed E-state index contributed by atoms with van der Waals surface area (Å²) in [7, 11) is 0. The van der Waals surface area contributed by atoms with Gasteiger partial charge in [-0.3, -0.25) is 4.99 Å². The maximum absolute atomic E-state index is 5.78. The summed E-state index contributed by atoms with van der Waals surface area (Å²) in [5.74, 6) is 1.42. The van der Waals surface area contributed by atoms with Crippen LogP contribution in [0.4, 0.5) is 0 Å². The van der Waals surface area contributed by atoms with Crippen LogP contribution in [0.25, 0.3) is 0 Å². The van der Waals surface area contributed by atoms with Crippen LogP contribution in [0.15, 0.2) is 17.6 Å². The number of hydrogen-bond acceptors (Lipinski definition) is 4. The predicted octanol–water partition coefficient (Wildman–Crippen LogP) is 2.68. The fourth-order valence-electron chi connectivity index (χ4n) is 2.43. The van der Waals surface area contributed by atoms with Crippen molar-refractivity contribution < 1.29 is 4.74 Å². The van der Waals surface area contributed by atoms with Gasteiger partial charge in [0, 0.05) is 32.8 Å². The van der Waals surface area contributed by atoms with Gasteiger partial charge in [-0.1, -0.05) is 13.8 Å². The largest absolute Gasteiger partial charge is 0.378 e. The van der Waals surface area contributed by atoms with Crippen LogP contribution >= 0.6 is 24.0 Å². The minimum atomic E-state index is 0. The van der Waals surface area contributed by atoms with Gasteiger partial charge < -0.3 is 19.9 Å². The standard InChI is InChI=1S/C17H34N6O.HI/c1-5-18-17(20-11-9-16(15(3)4)24-6-2)19-10-7-8-12-23-13-21-22-14-23;/h13-16H,5-12H2,1-4H3,(H2,18,19,20);1H. The summed E-state index contributed by atoms with van der Waals surface area (Å²) in [5, 5.41) is 14.3. The molecule has 146 valence electrons. The highest BCUT2D eigenvalue weighted by Crippen LogP contribution is 2.09. The smallest absolute Gasteiger partial charge is 0.191 e. The number of unbranched alkanes of at least 4 members (excludes halogenated alkanes) is 1. The van der Waals surface area contributed by atoms with E-state index in [9.17, 15) is 0 Å². The van der Waals surface area contributed by atoms with Crippen LogP contribution in [0.2, 0.25) is 0 Å². The van der Waals surface area contributed by atoms with Crippen molar-refractivity contribution in [1.29, 1.82) is 0 Å². The normalized spacial score (nSPS) is 12.8. The van der Waals surface area contributed by atoms with E-state index in [1.54, 1.807) is 12.7 Å². The number of halogens is 1. The maximum atomic E-state index is 5.78. The lowest BCUT2D eigenvalue weighted by molar-refractivity contribution is 0.0258. The summed E-state index contributed by atoms with van der Waals surface area (Å²) in [4.78, 5) is 4.63. The van der Waals surface area contributed by atoms with Gasteiger partial charge in [-0.05, 0) is 39.0 Å². The van der Waals surface area contributed by atoms with Crippen LogP contribution in [-0.4, -0.2) is 53.1 Å². The molecule has 0 fully saturated rings. The van der Waals surface area contributed by atoms with Gasteiger partial charge in [0.2, 0.25) is 0 Å². The molecule has 0 aliphatic heterocycles. The number of rotatable bonds is 12. The second-order valence-corrected chi connectivity index (χ2v) is 6.12. The third-order valence-electron chi connectivity index (χ3n) is 3.75. The molecule has 2 N–H and O–H groups in total. The average molecular weight is 466 g/mol. The number of nitrogens with zero attached hydrogens (tertiary/aromatic N) is 4. The zero-order valence-electron chi connectivity index (χ0n) is 16.1. The summed E-state index contributed by atoms with van der Waals surface area (Å²) >= 11 is 0. The number of hydrogen-bond donors (Lipinski definition) is 2. The van der Waals surface area contributed by atoms with Crippen molar-refractivity contribution in [1.82, 2.24) is 25.4 Å². The molecule has 25 heavy (non-hydrogen) atoms. The first-order valence-corrected chi connectivity index (χ1v) is 9.13. The van der Waals surface area contributed by atoms with E-state index in [0.717, 1.165) is 58.0 Å². The third kappa shape index (κ3) is 11.4. The van der Waals surface area contributed by atoms with Gasteiger partial charge in [-0.15, -0.1) is 34.2 Å². The molecule has 1 unspecified atom stereocenters. The lowest BCUT2D eigenvalue weighted by Crippen LogP contribution is -2.39. The van der Waals surface area contributed by atoms with Crippen molar-refractivity contribution in [2.45, 2.75) is 59.6 Å². The molecule has 0 amide bonds. The van der Waals surface area contributed by atoms with Crippen molar-refractivity contribution in [2.24, 2.45) is 10.9 Å². The van der Waals surface area contributed by atoms with Crippen molar-refractivity contribution in [2.75, 3.05) is 26.2 Å². The fourth-order valence-corrected chi connectivity index (χ4v) is 2.43. The Bertz CT molecular complexity index is 438. The highest BCUT2D eigenvalue weighted by Gasteiger charge is 2.12. The lowest BCUT2D eigenvalue weighted by atomic mass is 10.0. The first kappa shape index (κ1) is 24.1. The molecule has 1 aromatic rings. The molecule has 0 aliphatic carbocycles. The highest BCUT2D eigenvalue weighted by atomic mass is 127. The maximum Gasteiger partial charge on any atom is 0.191 e. The van der Waals surface area contributed by atoms with Crippen LogP contribution in [0.3, 0.4) is 0 Å². The second kappa shape index (κ2) is 15.4. The Morgan fingerprint density at radius 2 is 1.88 bits per heavy atom. The van der Waals surface area contributed by atoms with E-state index in [0.29, 0.717) is 12.0 Å². The van der Waals surface area contributed by atoms with E-state index in [1.165, 1.54) is 0 Å². The third-order valence-corrected chi connectivity index (χ3v) is 3.75. The summed E-state index contributed by atoms with van der Waals surface area (Å²) in [6.45, 7) is 12.8. The van der Waals surface area contributed by atoms with Crippen molar-refractivity contribution in [3.8, 4) is 0 Å². The van der Waals surface area contributed by atoms with E-state index in [1.807, 2.05) is 11.5 Å². The molecule has 0 saturated carbocycles. The van der Waals surface area contributed by atoms with E-state index in [-0.39, 0.29) is 24.0 Å². The van der Waals surface area contributed by atoms with Gasteiger partial charge >= 0.3 is 0 Å². The molecule has 0 aromatic carbocycles.